The molecule has 0 saturated carbocycles. The third-order valence-corrected chi connectivity index (χ3v) is 6.03. The van der Waals surface area contributed by atoms with Crippen molar-refractivity contribution in [3.05, 3.63) is 71.5 Å². The van der Waals surface area contributed by atoms with Gasteiger partial charge < -0.3 is 24.3 Å². The summed E-state index contributed by atoms with van der Waals surface area (Å²) in [6, 6.07) is 16.8. The van der Waals surface area contributed by atoms with Crippen molar-refractivity contribution in [1.29, 1.82) is 0 Å². The fourth-order valence-electron chi connectivity index (χ4n) is 3.20. The first kappa shape index (κ1) is 24.2. The molecule has 0 aliphatic heterocycles. The van der Waals surface area contributed by atoms with Crippen molar-refractivity contribution >= 4 is 17.7 Å². The Labute approximate surface area is 197 Å². The van der Waals surface area contributed by atoms with Gasteiger partial charge in [-0.2, -0.15) is 9.97 Å². The predicted molar refractivity (Wildman–Crippen MR) is 128 cm³/mol. The second kappa shape index (κ2) is 12.0. The van der Waals surface area contributed by atoms with E-state index in [0.717, 1.165) is 5.56 Å². The van der Waals surface area contributed by atoms with Crippen LogP contribution in [-0.4, -0.2) is 56.6 Å². The molecule has 33 heavy (non-hydrogen) atoms. The monoisotopic (exact) mass is 469 g/mol. The lowest BCUT2D eigenvalue weighted by Gasteiger charge is -2.18. The standard InChI is InChI=1S/C24H27N3O5S/c1-29-17-11-8-12-18(30-2)21(17)24(28)25-13-14-33-22(16-9-6-5-7-10-16)23-26-19(31-3)15-20(27-23)32-4/h5-12,15,22H,13-14H2,1-4H3,(H,25,28)/t22-/m0/s1. The van der Waals surface area contributed by atoms with Crippen LogP contribution in [0.25, 0.3) is 0 Å². The van der Waals surface area contributed by atoms with Gasteiger partial charge in [-0.3, -0.25) is 4.79 Å². The summed E-state index contributed by atoms with van der Waals surface area (Å²) in [5.74, 6) is 2.69. The quantitative estimate of drug-likeness (QED) is 0.425. The number of hydrogen-bond donors (Lipinski definition) is 1. The van der Waals surface area contributed by atoms with E-state index in [1.165, 1.54) is 14.2 Å². The van der Waals surface area contributed by atoms with Crippen LogP contribution in [0.5, 0.6) is 23.3 Å². The number of nitrogens with one attached hydrogen (secondary N) is 1. The van der Waals surface area contributed by atoms with Gasteiger partial charge in [-0.1, -0.05) is 36.4 Å². The number of aromatic nitrogens is 2. The topological polar surface area (TPSA) is 91.8 Å². The number of amides is 1. The van der Waals surface area contributed by atoms with Crippen molar-refractivity contribution in [3.8, 4) is 23.3 Å². The highest BCUT2D eigenvalue weighted by Crippen LogP contribution is 2.35. The van der Waals surface area contributed by atoms with E-state index in [-0.39, 0.29) is 11.2 Å². The van der Waals surface area contributed by atoms with Crippen molar-refractivity contribution in [2.24, 2.45) is 0 Å². The van der Waals surface area contributed by atoms with E-state index in [0.29, 0.717) is 46.9 Å². The SMILES string of the molecule is COc1cc(OC)nc([C@@H](SCCNC(=O)c2c(OC)cccc2OC)c2ccccc2)n1. The van der Waals surface area contributed by atoms with Crippen molar-refractivity contribution in [2.45, 2.75) is 5.25 Å². The molecule has 0 aliphatic carbocycles. The van der Waals surface area contributed by atoms with E-state index in [1.807, 2.05) is 30.3 Å². The van der Waals surface area contributed by atoms with Crippen LogP contribution < -0.4 is 24.3 Å². The van der Waals surface area contributed by atoms with Gasteiger partial charge in [-0.15, -0.1) is 11.8 Å². The molecule has 0 aliphatic rings. The van der Waals surface area contributed by atoms with Gasteiger partial charge in [0, 0.05) is 12.3 Å². The lowest BCUT2D eigenvalue weighted by atomic mass is 10.1. The van der Waals surface area contributed by atoms with E-state index in [2.05, 4.69) is 15.3 Å². The average molecular weight is 470 g/mol. The second-order valence-corrected chi connectivity index (χ2v) is 7.98. The Hall–Kier alpha value is -3.46. The number of benzene rings is 2. The molecule has 2 aromatic carbocycles. The number of rotatable bonds is 11. The molecule has 8 nitrogen and oxygen atoms in total. The van der Waals surface area contributed by atoms with E-state index in [1.54, 1.807) is 50.2 Å². The molecule has 1 atom stereocenters. The molecule has 3 aromatic rings. The van der Waals surface area contributed by atoms with Crippen LogP contribution in [0.1, 0.15) is 27.0 Å². The third kappa shape index (κ3) is 6.07. The maximum absolute atomic E-state index is 12.8. The van der Waals surface area contributed by atoms with Gasteiger partial charge >= 0.3 is 0 Å². The van der Waals surface area contributed by atoms with Crippen LogP contribution in [0.4, 0.5) is 0 Å². The van der Waals surface area contributed by atoms with Crippen molar-refractivity contribution in [1.82, 2.24) is 15.3 Å². The first-order valence-corrected chi connectivity index (χ1v) is 11.3. The molecule has 0 radical (unpaired) electrons. The highest BCUT2D eigenvalue weighted by molar-refractivity contribution is 7.99. The van der Waals surface area contributed by atoms with Gasteiger partial charge in [0.2, 0.25) is 11.8 Å². The van der Waals surface area contributed by atoms with Crippen molar-refractivity contribution in [3.63, 3.8) is 0 Å². The molecule has 174 valence electrons. The predicted octanol–water partition coefficient (Wildman–Crippen LogP) is 3.76. The van der Waals surface area contributed by atoms with Gasteiger partial charge in [0.15, 0.2) is 5.82 Å². The van der Waals surface area contributed by atoms with E-state index < -0.39 is 0 Å². The Kier molecular flexibility index (Phi) is 8.77. The van der Waals surface area contributed by atoms with Crippen molar-refractivity contribution in [2.75, 3.05) is 40.7 Å². The maximum Gasteiger partial charge on any atom is 0.258 e. The molecule has 1 aromatic heterocycles. The number of hydrogen-bond acceptors (Lipinski definition) is 8. The molecule has 1 N–H and O–H groups in total. The summed E-state index contributed by atoms with van der Waals surface area (Å²) in [6.45, 7) is 0.426. The summed E-state index contributed by atoms with van der Waals surface area (Å²) in [6.07, 6.45) is 0. The Morgan fingerprint density at radius 3 is 2.03 bits per heavy atom. The smallest absolute Gasteiger partial charge is 0.258 e. The molecule has 1 heterocycles. The minimum absolute atomic E-state index is 0.173. The second-order valence-electron chi connectivity index (χ2n) is 6.77. The molecule has 3 rings (SSSR count). The average Bonchev–Trinajstić information content (AvgIpc) is 2.87. The first-order chi connectivity index (χ1) is 16.1. The molecule has 1 amide bonds. The number of carbonyl (C=O) groups excluding carboxylic acids is 1. The highest BCUT2D eigenvalue weighted by atomic mass is 32.2. The normalized spacial score (nSPS) is 11.4. The minimum atomic E-state index is -0.263. The summed E-state index contributed by atoms with van der Waals surface area (Å²) in [4.78, 5) is 21.9. The summed E-state index contributed by atoms with van der Waals surface area (Å²) in [5, 5.41) is 2.77. The summed E-state index contributed by atoms with van der Waals surface area (Å²) < 4.78 is 21.3. The van der Waals surface area contributed by atoms with Crippen LogP contribution in [-0.2, 0) is 0 Å². The maximum atomic E-state index is 12.8. The molecule has 0 saturated heterocycles. The Morgan fingerprint density at radius 1 is 0.879 bits per heavy atom. The van der Waals surface area contributed by atoms with Gasteiger partial charge in [0.1, 0.15) is 17.1 Å². The van der Waals surface area contributed by atoms with Crippen molar-refractivity contribution < 1.29 is 23.7 Å². The molecule has 0 fully saturated rings. The lowest BCUT2D eigenvalue weighted by Crippen LogP contribution is -2.27. The molecule has 0 spiro atoms. The Balaban J connectivity index is 1.74. The Bertz CT molecular complexity index is 1020. The van der Waals surface area contributed by atoms with Crippen LogP contribution in [0.3, 0.4) is 0 Å². The molecule has 9 heteroatoms. The largest absolute Gasteiger partial charge is 0.496 e. The molecular weight excluding hydrogens is 442 g/mol. The van der Waals surface area contributed by atoms with Crippen LogP contribution in [0, 0.1) is 0 Å². The van der Waals surface area contributed by atoms with Crippen LogP contribution in [0.15, 0.2) is 54.6 Å². The van der Waals surface area contributed by atoms with E-state index in [9.17, 15) is 4.79 Å². The Morgan fingerprint density at radius 2 is 1.48 bits per heavy atom. The van der Waals surface area contributed by atoms with Crippen LogP contribution in [0.2, 0.25) is 0 Å². The summed E-state index contributed by atoms with van der Waals surface area (Å²) in [7, 11) is 6.15. The zero-order valence-corrected chi connectivity index (χ0v) is 19.8. The third-order valence-electron chi connectivity index (χ3n) is 4.78. The zero-order valence-electron chi connectivity index (χ0n) is 19.0. The van der Waals surface area contributed by atoms with Gasteiger partial charge in [-0.25, -0.2) is 0 Å². The molecule has 0 bridgehead atoms. The van der Waals surface area contributed by atoms with Crippen LogP contribution >= 0.6 is 11.8 Å². The number of nitrogens with zero attached hydrogens (tertiary/aromatic N) is 2. The molecule has 0 unspecified atom stereocenters. The summed E-state index contributed by atoms with van der Waals surface area (Å²) in [5.41, 5.74) is 1.41. The highest BCUT2D eigenvalue weighted by Gasteiger charge is 2.21. The lowest BCUT2D eigenvalue weighted by molar-refractivity contribution is 0.0950. The fraction of sp³-hybridized carbons (Fsp3) is 0.292. The number of methoxy groups -OCH3 is 4. The molecular formula is C24H27N3O5S. The number of ether oxygens (including phenoxy) is 4. The zero-order chi connectivity index (χ0) is 23.6. The van der Waals surface area contributed by atoms with Gasteiger partial charge in [0.25, 0.3) is 5.91 Å². The number of thioether (sulfide) groups is 1. The van der Waals surface area contributed by atoms with Gasteiger partial charge in [-0.05, 0) is 17.7 Å². The van der Waals surface area contributed by atoms with Gasteiger partial charge in [0.05, 0.1) is 39.8 Å². The van der Waals surface area contributed by atoms with E-state index in [4.69, 9.17) is 18.9 Å². The fourth-order valence-corrected chi connectivity index (χ4v) is 4.26. The number of carbonyl (C=O) groups is 1. The first-order valence-electron chi connectivity index (χ1n) is 10.2. The van der Waals surface area contributed by atoms with E-state index >= 15 is 0 Å². The minimum Gasteiger partial charge on any atom is -0.496 e. The summed E-state index contributed by atoms with van der Waals surface area (Å²) >= 11 is 1.61.